The number of aryl methyl sites for hydroxylation is 1. The summed E-state index contributed by atoms with van der Waals surface area (Å²) in [7, 11) is -4.38. The van der Waals surface area contributed by atoms with Crippen LogP contribution in [0.15, 0.2) is 39.8 Å². The van der Waals surface area contributed by atoms with Gasteiger partial charge in [-0.15, -0.1) is 0 Å². The minimum atomic E-state index is -4.70. The lowest BCUT2D eigenvalue weighted by molar-refractivity contribution is -0.137. The van der Waals surface area contributed by atoms with E-state index in [1.807, 2.05) is 0 Å². The topological polar surface area (TPSA) is 102 Å². The number of halogens is 3. The summed E-state index contributed by atoms with van der Waals surface area (Å²) >= 11 is 0. The van der Waals surface area contributed by atoms with Crippen LogP contribution in [0.2, 0.25) is 0 Å². The molecule has 0 saturated carbocycles. The number of amides is 1. The lowest BCUT2D eigenvalue weighted by Crippen LogP contribution is -2.39. The summed E-state index contributed by atoms with van der Waals surface area (Å²) < 4.78 is 75.7. The minimum Gasteiger partial charge on any atom is -0.382 e. The monoisotopic (exact) mass is 449 g/mol. The molecule has 12 heteroatoms. The van der Waals surface area contributed by atoms with Crippen molar-refractivity contribution in [2.45, 2.75) is 31.3 Å². The fourth-order valence-corrected chi connectivity index (χ4v) is 4.00. The number of anilines is 1. The number of hydrogen-bond donors (Lipinski definition) is 1. The molecule has 0 bridgehead atoms. The van der Waals surface area contributed by atoms with Crippen LogP contribution in [0.4, 0.5) is 19.0 Å². The molecule has 166 valence electrons. The van der Waals surface area contributed by atoms with E-state index in [1.165, 1.54) is 6.07 Å². The number of benzene rings is 1. The van der Waals surface area contributed by atoms with Crippen LogP contribution in [0.1, 0.15) is 24.7 Å². The Morgan fingerprint density at radius 2 is 2.03 bits per heavy atom. The van der Waals surface area contributed by atoms with Crippen LogP contribution in [-0.4, -0.2) is 50.1 Å². The third-order valence-corrected chi connectivity index (χ3v) is 5.76. The van der Waals surface area contributed by atoms with Crippen LogP contribution in [-0.2, 0) is 25.7 Å². The molecule has 0 aliphatic heterocycles. The van der Waals surface area contributed by atoms with E-state index in [4.69, 9.17) is 9.26 Å². The molecule has 1 aromatic heterocycles. The largest absolute Gasteiger partial charge is 0.416 e. The predicted molar refractivity (Wildman–Crippen MR) is 101 cm³/mol. The molecule has 8 nitrogen and oxygen atoms in total. The van der Waals surface area contributed by atoms with Gasteiger partial charge in [0.05, 0.1) is 17.0 Å². The van der Waals surface area contributed by atoms with Gasteiger partial charge in [0.15, 0.2) is 5.82 Å². The first kappa shape index (κ1) is 23.8. The second kappa shape index (κ2) is 10.0. The number of nitrogens with zero attached hydrogens (tertiary/aromatic N) is 2. The number of hydrogen-bond acceptors (Lipinski definition) is 6. The molecular formula is C18H22F3N3O5S. The van der Waals surface area contributed by atoms with E-state index in [2.05, 4.69) is 10.5 Å². The van der Waals surface area contributed by atoms with E-state index in [1.54, 1.807) is 13.8 Å². The summed E-state index contributed by atoms with van der Waals surface area (Å²) in [5.74, 6) is -0.172. The number of rotatable bonds is 10. The van der Waals surface area contributed by atoms with Gasteiger partial charge < -0.3 is 14.6 Å². The maximum atomic E-state index is 13.0. The Hall–Kier alpha value is -2.44. The number of aromatic nitrogens is 1. The van der Waals surface area contributed by atoms with Crippen LogP contribution in [0.25, 0.3) is 0 Å². The lowest BCUT2D eigenvalue weighted by Gasteiger charge is -2.22. The smallest absolute Gasteiger partial charge is 0.382 e. The molecule has 0 spiro atoms. The van der Waals surface area contributed by atoms with Gasteiger partial charge in [-0.1, -0.05) is 11.2 Å². The highest BCUT2D eigenvalue weighted by Gasteiger charge is 2.33. The van der Waals surface area contributed by atoms with Crippen molar-refractivity contribution in [3.05, 3.63) is 41.7 Å². The van der Waals surface area contributed by atoms with Gasteiger partial charge in [0.25, 0.3) is 0 Å². The highest BCUT2D eigenvalue weighted by molar-refractivity contribution is 7.89. The maximum Gasteiger partial charge on any atom is 0.416 e. The Balaban J connectivity index is 2.24. The molecule has 0 aliphatic carbocycles. The summed E-state index contributed by atoms with van der Waals surface area (Å²) in [5, 5.41) is 5.98. The predicted octanol–water partition coefficient (Wildman–Crippen LogP) is 3.06. The van der Waals surface area contributed by atoms with E-state index in [9.17, 15) is 26.4 Å². The van der Waals surface area contributed by atoms with Gasteiger partial charge in [0.1, 0.15) is 5.76 Å². The zero-order chi connectivity index (χ0) is 22.4. The molecule has 0 aliphatic rings. The van der Waals surface area contributed by atoms with Gasteiger partial charge in [-0.2, -0.15) is 17.5 Å². The highest BCUT2D eigenvalue weighted by Crippen LogP contribution is 2.31. The first-order valence-corrected chi connectivity index (χ1v) is 10.5. The van der Waals surface area contributed by atoms with Gasteiger partial charge in [-0.05, 0) is 38.5 Å². The van der Waals surface area contributed by atoms with Gasteiger partial charge >= 0.3 is 6.18 Å². The van der Waals surface area contributed by atoms with Crippen LogP contribution < -0.4 is 5.32 Å². The third kappa shape index (κ3) is 6.54. The molecule has 30 heavy (non-hydrogen) atoms. The number of sulfonamides is 1. The fraction of sp³-hybridized carbons (Fsp3) is 0.444. The molecule has 2 aromatic rings. The second-order valence-corrected chi connectivity index (χ2v) is 8.22. The third-order valence-electron chi connectivity index (χ3n) is 3.91. The lowest BCUT2D eigenvalue weighted by atomic mass is 10.2. The summed E-state index contributed by atoms with van der Waals surface area (Å²) in [4.78, 5) is 11.8. The molecule has 0 saturated heterocycles. The van der Waals surface area contributed by atoms with Gasteiger partial charge in [-0.3, -0.25) is 4.79 Å². The standard InChI is InChI=1S/C18H22F3N3O5S/c1-3-28-9-5-8-24(12-17(25)22-16-10-13(2)29-23-16)30(26,27)15-7-4-6-14(11-15)18(19,20)21/h4,6-7,10-11H,3,5,8-9,12H2,1-2H3,(H,22,23,25). The summed E-state index contributed by atoms with van der Waals surface area (Å²) in [6.07, 6.45) is -4.45. The Bertz CT molecular complexity index is 960. The quantitative estimate of drug-likeness (QED) is 0.560. The number of nitrogens with one attached hydrogen (secondary N) is 1. The number of ether oxygens (including phenoxy) is 1. The zero-order valence-corrected chi connectivity index (χ0v) is 17.2. The number of carbonyl (C=O) groups excluding carboxylic acids is 1. The Morgan fingerprint density at radius 3 is 2.63 bits per heavy atom. The van der Waals surface area contributed by atoms with Crippen LogP contribution >= 0.6 is 0 Å². The Labute approximate surface area is 172 Å². The number of alkyl halides is 3. The highest BCUT2D eigenvalue weighted by atomic mass is 32.2. The van der Waals surface area contributed by atoms with Crippen molar-refractivity contribution < 1.29 is 35.6 Å². The van der Waals surface area contributed by atoms with Crippen molar-refractivity contribution in [3.63, 3.8) is 0 Å². The Morgan fingerprint density at radius 1 is 1.30 bits per heavy atom. The van der Waals surface area contributed by atoms with Crippen molar-refractivity contribution in [1.29, 1.82) is 0 Å². The van der Waals surface area contributed by atoms with Gasteiger partial charge in [0, 0.05) is 25.8 Å². The average Bonchev–Trinajstić information content (AvgIpc) is 3.08. The van der Waals surface area contributed by atoms with Gasteiger partial charge in [0.2, 0.25) is 15.9 Å². The van der Waals surface area contributed by atoms with E-state index in [-0.39, 0.29) is 25.4 Å². The second-order valence-electron chi connectivity index (χ2n) is 6.29. The molecule has 2 rings (SSSR count). The van der Waals surface area contributed by atoms with E-state index < -0.39 is 39.1 Å². The van der Waals surface area contributed by atoms with Crippen molar-refractivity contribution in [1.82, 2.24) is 9.46 Å². The SMILES string of the molecule is CCOCCCN(CC(=O)Nc1cc(C)on1)S(=O)(=O)c1cccc(C(F)(F)F)c1. The fourth-order valence-electron chi connectivity index (χ4n) is 2.52. The van der Waals surface area contributed by atoms with Crippen molar-refractivity contribution >= 4 is 21.7 Å². The molecule has 0 atom stereocenters. The van der Waals surface area contributed by atoms with Crippen LogP contribution in [0.3, 0.4) is 0 Å². The Kier molecular flexibility index (Phi) is 7.98. The van der Waals surface area contributed by atoms with Crippen molar-refractivity contribution in [2.24, 2.45) is 0 Å². The van der Waals surface area contributed by atoms with Gasteiger partial charge in [-0.25, -0.2) is 8.42 Å². The molecule has 1 N–H and O–H groups in total. The maximum absolute atomic E-state index is 13.0. The van der Waals surface area contributed by atoms with E-state index in [0.29, 0.717) is 18.4 Å². The molecule has 0 unspecified atom stereocenters. The molecular weight excluding hydrogens is 427 g/mol. The molecule has 0 radical (unpaired) electrons. The molecule has 1 amide bonds. The van der Waals surface area contributed by atoms with Crippen molar-refractivity contribution in [3.8, 4) is 0 Å². The van der Waals surface area contributed by atoms with E-state index in [0.717, 1.165) is 22.5 Å². The number of carbonyl (C=O) groups is 1. The zero-order valence-electron chi connectivity index (χ0n) is 16.4. The van der Waals surface area contributed by atoms with Crippen LogP contribution in [0, 0.1) is 6.92 Å². The molecule has 0 fully saturated rings. The molecule has 1 heterocycles. The van der Waals surface area contributed by atoms with Crippen molar-refractivity contribution in [2.75, 3.05) is 31.6 Å². The first-order valence-electron chi connectivity index (χ1n) is 9.02. The first-order chi connectivity index (χ1) is 14.0. The normalized spacial score (nSPS) is 12.3. The summed E-state index contributed by atoms with van der Waals surface area (Å²) in [6.45, 7) is 3.30. The summed E-state index contributed by atoms with van der Waals surface area (Å²) in [6, 6.07) is 4.83. The average molecular weight is 449 g/mol. The van der Waals surface area contributed by atoms with Crippen LogP contribution in [0.5, 0.6) is 0 Å². The molecule has 1 aromatic carbocycles. The minimum absolute atomic E-state index is 0.100. The van der Waals surface area contributed by atoms with E-state index >= 15 is 0 Å². The summed E-state index contributed by atoms with van der Waals surface area (Å²) in [5.41, 5.74) is -1.10.